The molecular formula is C15H24N2OS. The summed E-state index contributed by atoms with van der Waals surface area (Å²) in [6.45, 7) is 5.48. The molecule has 0 spiro atoms. The number of nitrogens with one attached hydrogen (secondary N) is 1. The van der Waals surface area contributed by atoms with Crippen molar-refractivity contribution in [1.82, 2.24) is 10.3 Å². The zero-order valence-corrected chi connectivity index (χ0v) is 12.8. The molecule has 1 aliphatic carbocycles. The van der Waals surface area contributed by atoms with Crippen molar-refractivity contribution < 1.29 is 4.74 Å². The molecule has 0 saturated carbocycles. The minimum Gasteiger partial charge on any atom is -0.368 e. The SMILES string of the molecule is CCCNC1CCCc2sc(C3CCC(C)O3)nc21. The number of hydrogen-bond donors (Lipinski definition) is 1. The van der Waals surface area contributed by atoms with Crippen molar-refractivity contribution in [3.05, 3.63) is 15.6 Å². The summed E-state index contributed by atoms with van der Waals surface area (Å²) in [6.07, 6.45) is 7.90. The molecule has 0 amide bonds. The van der Waals surface area contributed by atoms with Crippen molar-refractivity contribution in [2.24, 2.45) is 0 Å². The Hall–Kier alpha value is -0.450. The standard InChI is InChI=1S/C15H24N2OS/c1-3-9-16-11-5-4-6-13-14(11)17-15(19-13)12-8-7-10(2)18-12/h10-12,16H,3-9H2,1-2H3. The molecule has 4 heteroatoms. The number of rotatable bonds is 4. The third kappa shape index (κ3) is 2.86. The minimum atomic E-state index is 0.262. The van der Waals surface area contributed by atoms with Gasteiger partial charge >= 0.3 is 0 Å². The molecule has 1 N–H and O–H groups in total. The molecule has 0 aromatic carbocycles. The maximum Gasteiger partial charge on any atom is 0.122 e. The highest BCUT2D eigenvalue weighted by molar-refractivity contribution is 7.11. The van der Waals surface area contributed by atoms with Crippen LogP contribution >= 0.6 is 11.3 Å². The smallest absolute Gasteiger partial charge is 0.122 e. The van der Waals surface area contributed by atoms with Crippen LogP contribution in [0, 0.1) is 0 Å². The summed E-state index contributed by atoms with van der Waals surface area (Å²) in [5.41, 5.74) is 1.32. The second-order valence-corrected chi connectivity index (χ2v) is 6.89. The quantitative estimate of drug-likeness (QED) is 0.912. The van der Waals surface area contributed by atoms with E-state index in [-0.39, 0.29) is 6.10 Å². The number of aryl methyl sites for hydroxylation is 1. The van der Waals surface area contributed by atoms with Gasteiger partial charge in [-0.05, 0) is 52.0 Å². The van der Waals surface area contributed by atoms with E-state index >= 15 is 0 Å². The second-order valence-electron chi connectivity index (χ2n) is 5.77. The fourth-order valence-corrected chi connectivity index (χ4v) is 4.32. The van der Waals surface area contributed by atoms with Crippen LogP contribution in [0.15, 0.2) is 0 Å². The fourth-order valence-electron chi connectivity index (χ4n) is 3.08. The fraction of sp³-hybridized carbons (Fsp3) is 0.800. The molecule has 0 radical (unpaired) electrons. The summed E-state index contributed by atoms with van der Waals surface area (Å²) < 4.78 is 5.97. The lowest BCUT2D eigenvalue weighted by atomic mass is 9.97. The van der Waals surface area contributed by atoms with Crippen molar-refractivity contribution >= 4 is 11.3 Å². The van der Waals surface area contributed by atoms with E-state index in [0.717, 1.165) is 13.0 Å². The normalized spacial score (nSPS) is 30.5. The zero-order chi connectivity index (χ0) is 13.2. The molecule has 19 heavy (non-hydrogen) atoms. The lowest BCUT2D eigenvalue weighted by molar-refractivity contribution is 0.0553. The van der Waals surface area contributed by atoms with Crippen LogP contribution in [0.5, 0.6) is 0 Å². The highest BCUT2D eigenvalue weighted by Gasteiger charge is 2.30. The number of thiazole rings is 1. The molecule has 3 nitrogen and oxygen atoms in total. The lowest BCUT2D eigenvalue weighted by Gasteiger charge is -2.22. The van der Waals surface area contributed by atoms with Gasteiger partial charge in [0.25, 0.3) is 0 Å². The summed E-state index contributed by atoms with van der Waals surface area (Å²) in [5.74, 6) is 0. The van der Waals surface area contributed by atoms with Crippen molar-refractivity contribution in [2.75, 3.05) is 6.54 Å². The summed E-state index contributed by atoms with van der Waals surface area (Å²) >= 11 is 1.90. The molecule has 3 atom stereocenters. The Morgan fingerprint density at radius 1 is 1.37 bits per heavy atom. The number of fused-ring (bicyclic) bond motifs is 1. The summed E-state index contributed by atoms with van der Waals surface area (Å²) in [4.78, 5) is 6.43. The molecule has 1 aromatic heterocycles. The molecule has 2 heterocycles. The van der Waals surface area contributed by atoms with Crippen molar-refractivity contribution in [1.29, 1.82) is 0 Å². The zero-order valence-electron chi connectivity index (χ0n) is 11.9. The largest absolute Gasteiger partial charge is 0.368 e. The van der Waals surface area contributed by atoms with Gasteiger partial charge in [0, 0.05) is 4.88 Å². The molecular weight excluding hydrogens is 256 g/mol. The number of aromatic nitrogens is 1. The Morgan fingerprint density at radius 2 is 2.26 bits per heavy atom. The first kappa shape index (κ1) is 13.5. The first-order chi connectivity index (χ1) is 9.28. The van der Waals surface area contributed by atoms with E-state index in [1.165, 1.54) is 47.7 Å². The van der Waals surface area contributed by atoms with Crippen LogP contribution in [-0.2, 0) is 11.2 Å². The summed E-state index contributed by atoms with van der Waals surface area (Å²) in [7, 11) is 0. The molecule has 3 rings (SSSR count). The van der Waals surface area contributed by atoms with Gasteiger partial charge in [-0.1, -0.05) is 6.92 Å². The number of ether oxygens (including phenoxy) is 1. The molecule has 1 aromatic rings. The topological polar surface area (TPSA) is 34.1 Å². The van der Waals surface area contributed by atoms with Crippen LogP contribution in [0.1, 0.15) is 73.7 Å². The van der Waals surface area contributed by atoms with Crippen LogP contribution in [0.2, 0.25) is 0 Å². The summed E-state index contributed by atoms with van der Waals surface area (Å²) in [6, 6.07) is 0.479. The molecule has 1 fully saturated rings. The number of nitrogens with zero attached hydrogens (tertiary/aromatic N) is 1. The highest BCUT2D eigenvalue weighted by Crippen LogP contribution is 2.40. The first-order valence-corrected chi connectivity index (χ1v) is 8.48. The molecule has 2 aliphatic rings. The van der Waals surface area contributed by atoms with Crippen LogP contribution in [-0.4, -0.2) is 17.6 Å². The Balaban J connectivity index is 1.77. The molecule has 1 aliphatic heterocycles. The van der Waals surface area contributed by atoms with Gasteiger partial charge in [0.15, 0.2) is 0 Å². The van der Waals surface area contributed by atoms with Crippen LogP contribution in [0.25, 0.3) is 0 Å². The minimum absolute atomic E-state index is 0.262. The van der Waals surface area contributed by atoms with E-state index < -0.39 is 0 Å². The van der Waals surface area contributed by atoms with Gasteiger partial charge < -0.3 is 10.1 Å². The van der Waals surface area contributed by atoms with Gasteiger partial charge in [0.1, 0.15) is 11.1 Å². The Morgan fingerprint density at radius 3 is 3.00 bits per heavy atom. The van der Waals surface area contributed by atoms with Crippen molar-refractivity contribution in [2.45, 2.75) is 70.6 Å². The molecule has 1 saturated heterocycles. The van der Waals surface area contributed by atoms with E-state index in [0.29, 0.717) is 12.1 Å². The van der Waals surface area contributed by atoms with Crippen molar-refractivity contribution in [3.63, 3.8) is 0 Å². The highest BCUT2D eigenvalue weighted by atomic mass is 32.1. The van der Waals surface area contributed by atoms with Crippen LogP contribution < -0.4 is 5.32 Å². The maximum atomic E-state index is 5.97. The van der Waals surface area contributed by atoms with Gasteiger partial charge in [-0.3, -0.25) is 0 Å². The monoisotopic (exact) mass is 280 g/mol. The van der Waals surface area contributed by atoms with Crippen molar-refractivity contribution in [3.8, 4) is 0 Å². The van der Waals surface area contributed by atoms with Gasteiger partial charge in [-0.2, -0.15) is 0 Å². The Labute approximate surface area is 119 Å². The third-order valence-corrected chi connectivity index (χ3v) is 5.34. The van der Waals surface area contributed by atoms with Gasteiger partial charge in [-0.25, -0.2) is 4.98 Å². The van der Waals surface area contributed by atoms with Crippen LogP contribution in [0.3, 0.4) is 0 Å². The predicted molar refractivity (Wildman–Crippen MR) is 78.6 cm³/mol. The van der Waals surface area contributed by atoms with Gasteiger partial charge in [0.2, 0.25) is 0 Å². The average molecular weight is 280 g/mol. The van der Waals surface area contributed by atoms with Gasteiger partial charge in [-0.15, -0.1) is 11.3 Å². The van der Waals surface area contributed by atoms with E-state index in [2.05, 4.69) is 19.2 Å². The number of hydrogen-bond acceptors (Lipinski definition) is 4. The average Bonchev–Trinajstić information content (AvgIpc) is 3.02. The Kier molecular flexibility index (Phi) is 4.20. The van der Waals surface area contributed by atoms with E-state index in [4.69, 9.17) is 9.72 Å². The molecule has 0 bridgehead atoms. The molecule has 3 unspecified atom stereocenters. The van der Waals surface area contributed by atoms with E-state index in [1.807, 2.05) is 11.3 Å². The van der Waals surface area contributed by atoms with E-state index in [9.17, 15) is 0 Å². The third-order valence-electron chi connectivity index (χ3n) is 4.12. The molecule has 106 valence electrons. The maximum absolute atomic E-state index is 5.97. The summed E-state index contributed by atoms with van der Waals surface area (Å²) in [5, 5.41) is 4.87. The Bertz CT molecular complexity index is 432. The van der Waals surface area contributed by atoms with E-state index in [1.54, 1.807) is 0 Å². The predicted octanol–water partition coefficient (Wildman–Crippen LogP) is 3.76. The van der Waals surface area contributed by atoms with Gasteiger partial charge in [0.05, 0.1) is 17.8 Å². The van der Waals surface area contributed by atoms with Crippen LogP contribution in [0.4, 0.5) is 0 Å². The second kappa shape index (κ2) is 5.90. The first-order valence-electron chi connectivity index (χ1n) is 7.66. The lowest BCUT2D eigenvalue weighted by Crippen LogP contribution is -2.25.